The number of ether oxygens (including phenoxy) is 2. The zero-order chi connectivity index (χ0) is 21.0. The molecule has 4 bridgehead atoms. The van der Waals surface area contributed by atoms with E-state index in [1.54, 1.807) is 14.0 Å². The molecule has 0 fully saturated rings. The lowest BCUT2D eigenvalue weighted by Gasteiger charge is -2.19. The zero-order valence-corrected chi connectivity index (χ0v) is 17.5. The van der Waals surface area contributed by atoms with Gasteiger partial charge < -0.3 is 19.7 Å². The van der Waals surface area contributed by atoms with E-state index in [9.17, 15) is 15.0 Å². The predicted octanol–water partition coefficient (Wildman–Crippen LogP) is 4.23. The molecule has 0 amide bonds. The Kier molecular flexibility index (Phi) is 6.80. The van der Waals surface area contributed by atoms with Gasteiger partial charge in [0.2, 0.25) is 5.75 Å². The van der Waals surface area contributed by atoms with E-state index in [1.807, 2.05) is 18.2 Å². The molecule has 29 heavy (non-hydrogen) atoms. The van der Waals surface area contributed by atoms with Crippen LogP contribution >= 0.6 is 0 Å². The van der Waals surface area contributed by atoms with E-state index in [2.05, 4.69) is 6.07 Å². The minimum absolute atomic E-state index is 0.0808. The summed E-state index contributed by atoms with van der Waals surface area (Å²) in [5.41, 5.74) is 4.51. The number of methoxy groups -OCH3 is 2. The molecular weight excluding hydrogens is 368 g/mol. The fraction of sp³-hybridized carbons (Fsp3) is 0.458. The second-order valence-electron chi connectivity index (χ2n) is 7.81. The van der Waals surface area contributed by atoms with Gasteiger partial charge in [0, 0.05) is 12.0 Å². The number of aromatic hydroxyl groups is 1. The van der Waals surface area contributed by atoms with Crippen LogP contribution in [0.1, 0.15) is 49.3 Å². The molecule has 3 rings (SSSR count). The van der Waals surface area contributed by atoms with Gasteiger partial charge in [0.05, 0.1) is 20.3 Å². The SMILES string of the molecule is COc1c2cc(c(O)c1OC)CCCC[C@H](O)CCc1ccc(CC(C)=O)c-2c1. The first-order valence-corrected chi connectivity index (χ1v) is 10.2. The summed E-state index contributed by atoms with van der Waals surface area (Å²) in [4.78, 5) is 11.9. The van der Waals surface area contributed by atoms with Crippen molar-refractivity contribution < 1.29 is 24.5 Å². The zero-order valence-electron chi connectivity index (χ0n) is 17.5. The van der Waals surface area contributed by atoms with Crippen molar-refractivity contribution in [1.82, 2.24) is 0 Å². The summed E-state index contributed by atoms with van der Waals surface area (Å²) in [6.45, 7) is 1.58. The maximum atomic E-state index is 11.9. The van der Waals surface area contributed by atoms with Crippen molar-refractivity contribution in [3.63, 3.8) is 0 Å². The minimum atomic E-state index is -0.336. The van der Waals surface area contributed by atoms with E-state index in [0.717, 1.165) is 53.5 Å². The van der Waals surface area contributed by atoms with Gasteiger partial charge in [0.1, 0.15) is 5.78 Å². The highest BCUT2D eigenvalue weighted by Gasteiger charge is 2.23. The topological polar surface area (TPSA) is 76.0 Å². The molecule has 1 atom stereocenters. The van der Waals surface area contributed by atoms with Crippen LogP contribution in [0, 0.1) is 0 Å². The van der Waals surface area contributed by atoms with Crippen LogP contribution < -0.4 is 9.47 Å². The van der Waals surface area contributed by atoms with Crippen LogP contribution in [0.5, 0.6) is 17.2 Å². The highest BCUT2D eigenvalue weighted by molar-refractivity contribution is 5.85. The summed E-state index contributed by atoms with van der Waals surface area (Å²) < 4.78 is 11.1. The Labute approximate surface area is 172 Å². The van der Waals surface area contributed by atoms with Gasteiger partial charge in [0.15, 0.2) is 11.5 Å². The third-order valence-electron chi connectivity index (χ3n) is 5.60. The highest BCUT2D eigenvalue weighted by Crippen LogP contribution is 2.47. The van der Waals surface area contributed by atoms with Crippen molar-refractivity contribution >= 4 is 5.78 Å². The molecule has 0 radical (unpaired) electrons. The summed E-state index contributed by atoms with van der Waals surface area (Å²) in [6.07, 6.45) is 4.61. The molecule has 0 saturated carbocycles. The number of rotatable bonds is 4. The Morgan fingerprint density at radius 3 is 2.48 bits per heavy atom. The number of hydrogen-bond acceptors (Lipinski definition) is 5. The molecule has 2 aromatic rings. The number of aryl methyl sites for hydroxylation is 2. The van der Waals surface area contributed by atoms with Crippen molar-refractivity contribution in [1.29, 1.82) is 0 Å². The number of benzene rings is 2. The fourth-order valence-corrected chi connectivity index (χ4v) is 4.09. The van der Waals surface area contributed by atoms with Crippen LogP contribution in [0.4, 0.5) is 0 Å². The normalized spacial score (nSPS) is 16.9. The first-order chi connectivity index (χ1) is 13.9. The van der Waals surface area contributed by atoms with Crippen LogP contribution in [0.15, 0.2) is 24.3 Å². The van der Waals surface area contributed by atoms with Crippen molar-refractivity contribution in [2.45, 2.75) is 58.0 Å². The van der Waals surface area contributed by atoms with E-state index in [4.69, 9.17) is 9.47 Å². The summed E-state index contributed by atoms with van der Waals surface area (Å²) in [7, 11) is 3.07. The van der Waals surface area contributed by atoms with Crippen LogP contribution in [0.25, 0.3) is 11.1 Å². The smallest absolute Gasteiger partial charge is 0.203 e. The summed E-state index contributed by atoms with van der Waals surface area (Å²) in [6, 6.07) is 8.03. The van der Waals surface area contributed by atoms with Gasteiger partial charge in [-0.25, -0.2) is 0 Å². The van der Waals surface area contributed by atoms with E-state index < -0.39 is 0 Å². The number of phenols is 1. The molecule has 0 unspecified atom stereocenters. The summed E-state index contributed by atoms with van der Waals surface area (Å²) in [5, 5.41) is 21.1. The minimum Gasteiger partial charge on any atom is -0.504 e. The number of carbonyl (C=O) groups is 1. The first-order valence-electron chi connectivity index (χ1n) is 10.2. The molecule has 0 aliphatic heterocycles. The Morgan fingerprint density at radius 1 is 1.03 bits per heavy atom. The number of phenolic OH excluding ortho intramolecular Hbond substituents is 1. The quantitative estimate of drug-likeness (QED) is 0.806. The molecule has 0 spiro atoms. The third kappa shape index (κ3) is 4.73. The molecule has 2 aromatic carbocycles. The lowest BCUT2D eigenvalue weighted by molar-refractivity contribution is -0.116. The Bertz CT molecular complexity index is 887. The molecule has 2 N–H and O–H groups in total. The third-order valence-corrected chi connectivity index (χ3v) is 5.60. The molecule has 5 nitrogen and oxygen atoms in total. The van der Waals surface area contributed by atoms with E-state index in [-0.39, 0.29) is 17.6 Å². The fourth-order valence-electron chi connectivity index (χ4n) is 4.09. The second kappa shape index (κ2) is 9.31. The maximum absolute atomic E-state index is 11.9. The number of hydrogen-bond donors (Lipinski definition) is 2. The van der Waals surface area contributed by atoms with Crippen LogP contribution in [-0.4, -0.2) is 36.3 Å². The average molecular weight is 398 g/mol. The molecular formula is C24H30O5. The van der Waals surface area contributed by atoms with Gasteiger partial charge in [0.25, 0.3) is 0 Å². The van der Waals surface area contributed by atoms with E-state index in [1.165, 1.54) is 7.11 Å². The van der Waals surface area contributed by atoms with E-state index >= 15 is 0 Å². The van der Waals surface area contributed by atoms with Crippen molar-refractivity contribution in [3.8, 4) is 28.4 Å². The van der Waals surface area contributed by atoms with E-state index in [0.29, 0.717) is 30.8 Å². The second-order valence-corrected chi connectivity index (χ2v) is 7.81. The molecule has 0 aromatic heterocycles. The molecule has 1 aliphatic carbocycles. The predicted molar refractivity (Wildman–Crippen MR) is 113 cm³/mol. The van der Waals surface area contributed by atoms with Gasteiger partial charge >= 0.3 is 0 Å². The first kappa shape index (κ1) is 21.2. The largest absolute Gasteiger partial charge is 0.504 e. The summed E-state index contributed by atoms with van der Waals surface area (Å²) in [5.74, 6) is 0.949. The highest BCUT2D eigenvalue weighted by atomic mass is 16.5. The Hall–Kier alpha value is -2.53. The van der Waals surface area contributed by atoms with Crippen LogP contribution in [0.3, 0.4) is 0 Å². The summed E-state index contributed by atoms with van der Waals surface area (Å²) >= 11 is 0. The van der Waals surface area contributed by atoms with Crippen molar-refractivity contribution in [3.05, 3.63) is 41.0 Å². The molecule has 0 saturated heterocycles. The maximum Gasteiger partial charge on any atom is 0.203 e. The van der Waals surface area contributed by atoms with Gasteiger partial charge in [-0.05, 0) is 67.3 Å². The van der Waals surface area contributed by atoms with Crippen LogP contribution in [0.2, 0.25) is 0 Å². The monoisotopic (exact) mass is 398 g/mol. The van der Waals surface area contributed by atoms with Crippen molar-refractivity contribution in [2.75, 3.05) is 14.2 Å². The van der Waals surface area contributed by atoms with Gasteiger partial charge in [-0.2, -0.15) is 0 Å². The number of Topliss-reactive ketones (excluding diaryl/α,β-unsaturated/α-hetero) is 1. The molecule has 0 heterocycles. The van der Waals surface area contributed by atoms with Crippen LogP contribution in [-0.2, 0) is 24.1 Å². The van der Waals surface area contributed by atoms with Gasteiger partial charge in [-0.1, -0.05) is 24.6 Å². The lowest BCUT2D eigenvalue weighted by Crippen LogP contribution is -2.08. The van der Waals surface area contributed by atoms with Crippen molar-refractivity contribution in [2.24, 2.45) is 0 Å². The Balaban J connectivity index is 2.26. The average Bonchev–Trinajstić information content (AvgIpc) is 2.70. The van der Waals surface area contributed by atoms with Gasteiger partial charge in [-0.3, -0.25) is 4.79 Å². The number of aliphatic hydroxyl groups excluding tert-OH is 1. The number of carbonyl (C=O) groups excluding carboxylic acids is 1. The lowest BCUT2D eigenvalue weighted by atomic mass is 9.90. The molecule has 5 heteroatoms. The number of ketones is 1. The standard InChI is InChI=1S/C24H30O5/c1-15(25)12-17-10-8-16-9-11-19(26)7-5-4-6-18-14-21(20(17)13-16)23(28-2)24(29-3)22(18)27/h8,10,13-14,19,26-27H,4-7,9,11-12H2,1-3H3/t19-/m0/s1. The van der Waals surface area contributed by atoms with Gasteiger partial charge in [-0.15, -0.1) is 0 Å². The number of fused-ring (bicyclic) bond motifs is 5. The molecule has 156 valence electrons. The number of aliphatic hydroxyl groups is 1. The molecule has 1 aliphatic rings. The Morgan fingerprint density at radius 2 is 1.79 bits per heavy atom.